The number of carbonyl (C=O) groups is 1. The topological polar surface area (TPSA) is 122 Å². The van der Waals surface area contributed by atoms with Crippen molar-refractivity contribution >= 4 is 28.5 Å². The van der Waals surface area contributed by atoms with Crippen LogP contribution in [0.25, 0.3) is 22.0 Å². The number of likely N-dealkylation sites (tertiary alicyclic amines) is 1. The summed E-state index contributed by atoms with van der Waals surface area (Å²) >= 11 is 0. The maximum absolute atomic E-state index is 12.6. The number of aliphatic hydroxyl groups is 1. The molecule has 1 aliphatic rings. The van der Waals surface area contributed by atoms with Gasteiger partial charge in [0.15, 0.2) is 0 Å². The third-order valence-corrected chi connectivity index (χ3v) is 7.23. The predicted molar refractivity (Wildman–Crippen MR) is 173 cm³/mol. The summed E-state index contributed by atoms with van der Waals surface area (Å²) in [6.07, 6.45) is 4.85. The van der Waals surface area contributed by atoms with E-state index >= 15 is 0 Å². The van der Waals surface area contributed by atoms with Crippen LogP contribution < -0.4 is 15.4 Å². The van der Waals surface area contributed by atoms with Gasteiger partial charge in [-0.15, -0.1) is 0 Å². The lowest BCUT2D eigenvalue weighted by Crippen LogP contribution is -2.47. The van der Waals surface area contributed by atoms with Gasteiger partial charge in [0.2, 0.25) is 11.8 Å². The standard InChI is InChI=1S/C34H42N6O4/c1-22-14-15-24-25(11-7-13-27(24)37-21-34(5,6)42)29(22)43-30-26(12-8-17-35-30)28-16-18-36-31(39-28)38-23-10-9-19-40(20-23)32(41)44-33(2,3)4/h7-8,11-18,23,37,42H,9-10,19-21H2,1-6H3,(H,36,38,39)/t23-/m0/s1. The Balaban J connectivity index is 1.38. The highest BCUT2D eigenvalue weighted by Gasteiger charge is 2.28. The number of hydrogen-bond acceptors (Lipinski definition) is 9. The minimum Gasteiger partial charge on any atom is -0.444 e. The SMILES string of the molecule is Cc1ccc2c(NCC(C)(C)O)cccc2c1Oc1ncccc1-c1ccnc(N[C@H]2CCCN(C(=O)OC(C)(C)C)C2)n1. The van der Waals surface area contributed by atoms with Crippen LogP contribution in [0.4, 0.5) is 16.4 Å². The number of pyridine rings is 1. The predicted octanol–water partition coefficient (Wildman–Crippen LogP) is 6.79. The molecule has 0 unspecified atom stereocenters. The van der Waals surface area contributed by atoms with Crippen molar-refractivity contribution in [1.29, 1.82) is 0 Å². The van der Waals surface area contributed by atoms with Crippen LogP contribution in [0.2, 0.25) is 0 Å². The number of rotatable bonds is 8. The Morgan fingerprint density at radius 3 is 2.61 bits per heavy atom. The van der Waals surface area contributed by atoms with Crippen LogP contribution in [0.15, 0.2) is 60.9 Å². The fraction of sp³-hybridized carbons (Fsp3) is 0.412. The van der Waals surface area contributed by atoms with Crippen molar-refractivity contribution in [2.45, 2.75) is 71.6 Å². The van der Waals surface area contributed by atoms with Crippen LogP contribution in [0.1, 0.15) is 53.0 Å². The van der Waals surface area contributed by atoms with E-state index in [0.29, 0.717) is 42.9 Å². The minimum absolute atomic E-state index is 0.00585. The van der Waals surface area contributed by atoms with Gasteiger partial charge in [-0.25, -0.2) is 19.7 Å². The average molecular weight is 599 g/mol. The van der Waals surface area contributed by atoms with Crippen LogP contribution >= 0.6 is 0 Å². The number of nitrogens with zero attached hydrogens (tertiary/aromatic N) is 4. The van der Waals surface area contributed by atoms with Crippen molar-refractivity contribution in [3.8, 4) is 22.9 Å². The molecule has 1 aliphatic heterocycles. The molecule has 0 radical (unpaired) electrons. The Kier molecular flexibility index (Phi) is 8.92. The number of benzene rings is 2. The first-order valence-electron chi connectivity index (χ1n) is 15.1. The lowest BCUT2D eigenvalue weighted by atomic mass is 10.0. The Labute approximate surface area is 258 Å². The van der Waals surface area contributed by atoms with Gasteiger partial charge in [0, 0.05) is 54.5 Å². The summed E-state index contributed by atoms with van der Waals surface area (Å²) in [5.74, 6) is 1.60. The van der Waals surface area contributed by atoms with Gasteiger partial charge in [0.1, 0.15) is 11.4 Å². The normalized spacial score (nSPS) is 15.6. The molecular weight excluding hydrogens is 556 g/mol. The van der Waals surface area contributed by atoms with Gasteiger partial charge < -0.3 is 30.1 Å². The van der Waals surface area contributed by atoms with Crippen molar-refractivity contribution < 1.29 is 19.4 Å². The number of amides is 1. The Hall–Kier alpha value is -4.44. The summed E-state index contributed by atoms with van der Waals surface area (Å²) in [5, 5.41) is 18.9. The van der Waals surface area contributed by atoms with Crippen molar-refractivity contribution in [2.24, 2.45) is 0 Å². The first-order chi connectivity index (χ1) is 20.9. The molecule has 0 saturated carbocycles. The summed E-state index contributed by atoms with van der Waals surface area (Å²) in [6.45, 7) is 12.7. The molecule has 1 amide bonds. The van der Waals surface area contributed by atoms with Crippen LogP contribution in [0, 0.1) is 6.92 Å². The Bertz CT molecular complexity index is 1630. The van der Waals surface area contributed by atoms with Gasteiger partial charge in [-0.3, -0.25) is 0 Å². The summed E-state index contributed by atoms with van der Waals surface area (Å²) in [5.41, 5.74) is 1.87. The van der Waals surface area contributed by atoms with Crippen LogP contribution in [0.3, 0.4) is 0 Å². The fourth-order valence-corrected chi connectivity index (χ4v) is 5.15. The quantitative estimate of drug-likeness (QED) is 0.201. The second kappa shape index (κ2) is 12.7. The van der Waals surface area contributed by atoms with E-state index in [0.717, 1.165) is 40.4 Å². The van der Waals surface area contributed by atoms with E-state index in [1.54, 1.807) is 31.1 Å². The van der Waals surface area contributed by atoms with E-state index < -0.39 is 11.2 Å². The number of fused-ring (bicyclic) bond motifs is 1. The number of ether oxygens (including phenoxy) is 2. The largest absolute Gasteiger partial charge is 0.444 e. The molecule has 3 heterocycles. The van der Waals surface area contributed by atoms with E-state index in [1.165, 1.54) is 0 Å². The Morgan fingerprint density at radius 1 is 1.02 bits per heavy atom. The summed E-state index contributed by atoms with van der Waals surface area (Å²) in [4.78, 5) is 28.2. The second-order valence-corrected chi connectivity index (χ2v) is 12.9. The summed E-state index contributed by atoms with van der Waals surface area (Å²) in [7, 11) is 0. The number of piperidine rings is 1. The number of anilines is 2. The van der Waals surface area contributed by atoms with E-state index in [1.807, 2.05) is 70.2 Å². The number of hydrogen-bond donors (Lipinski definition) is 3. The molecule has 1 atom stereocenters. The van der Waals surface area contributed by atoms with E-state index in [9.17, 15) is 9.90 Å². The summed E-state index contributed by atoms with van der Waals surface area (Å²) < 4.78 is 12.1. The number of aryl methyl sites for hydroxylation is 1. The molecule has 4 aromatic rings. The molecule has 2 aromatic carbocycles. The molecule has 0 bridgehead atoms. The molecular formula is C34H42N6O4. The van der Waals surface area contributed by atoms with Gasteiger partial charge in [0.05, 0.1) is 16.9 Å². The third kappa shape index (κ3) is 7.74. The smallest absolute Gasteiger partial charge is 0.410 e. The van der Waals surface area contributed by atoms with Gasteiger partial charge >= 0.3 is 6.09 Å². The van der Waals surface area contributed by atoms with Crippen LogP contribution in [0.5, 0.6) is 11.6 Å². The molecule has 1 saturated heterocycles. The molecule has 0 spiro atoms. The highest BCUT2D eigenvalue weighted by atomic mass is 16.6. The Morgan fingerprint density at radius 2 is 1.84 bits per heavy atom. The zero-order valence-electron chi connectivity index (χ0n) is 26.3. The molecule has 1 fully saturated rings. The third-order valence-electron chi connectivity index (χ3n) is 7.23. The van der Waals surface area contributed by atoms with Crippen molar-refractivity contribution in [3.63, 3.8) is 0 Å². The monoisotopic (exact) mass is 598 g/mol. The number of nitrogens with one attached hydrogen (secondary N) is 2. The molecule has 2 aromatic heterocycles. The first kappa shape index (κ1) is 31.0. The number of aromatic nitrogens is 3. The van der Waals surface area contributed by atoms with Crippen LogP contribution in [-0.4, -0.2) is 67.9 Å². The van der Waals surface area contributed by atoms with Crippen LogP contribution in [-0.2, 0) is 4.74 Å². The molecule has 3 N–H and O–H groups in total. The van der Waals surface area contributed by atoms with Gasteiger partial charge in [-0.05, 0) is 84.2 Å². The highest BCUT2D eigenvalue weighted by Crippen LogP contribution is 2.38. The number of carbonyl (C=O) groups excluding carboxylic acids is 1. The minimum atomic E-state index is -0.852. The van der Waals surface area contributed by atoms with Crippen molar-refractivity contribution in [1.82, 2.24) is 19.9 Å². The van der Waals surface area contributed by atoms with Gasteiger partial charge in [0.25, 0.3) is 0 Å². The lowest BCUT2D eigenvalue weighted by Gasteiger charge is -2.34. The highest BCUT2D eigenvalue weighted by molar-refractivity contribution is 5.98. The molecule has 10 nitrogen and oxygen atoms in total. The fourth-order valence-electron chi connectivity index (χ4n) is 5.15. The van der Waals surface area contributed by atoms with Crippen molar-refractivity contribution in [3.05, 3.63) is 66.5 Å². The molecule has 0 aliphatic carbocycles. The maximum atomic E-state index is 12.6. The maximum Gasteiger partial charge on any atom is 0.410 e. The molecule has 232 valence electrons. The van der Waals surface area contributed by atoms with Gasteiger partial charge in [-0.2, -0.15) is 0 Å². The van der Waals surface area contributed by atoms with Gasteiger partial charge in [-0.1, -0.05) is 24.3 Å². The lowest BCUT2D eigenvalue weighted by molar-refractivity contribution is 0.0206. The molecule has 5 rings (SSSR count). The first-order valence-corrected chi connectivity index (χ1v) is 15.1. The van der Waals surface area contributed by atoms with Crippen molar-refractivity contribution in [2.75, 3.05) is 30.3 Å². The average Bonchev–Trinajstić information content (AvgIpc) is 2.97. The molecule has 44 heavy (non-hydrogen) atoms. The molecule has 10 heteroatoms. The zero-order chi connectivity index (χ0) is 31.5. The zero-order valence-corrected chi connectivity index (χ0v) is 26.3. The van der Waals surface area contributed by atoms with E-state index in [4.69, 9.17) is 14.5 Å². The second-order valence-electron chi connectivity index (χ2n) is 12.9. The van der Waals surface area contributed by atoms with E-state index in [2.05, 4.69) is 26.7 Å². The van der Waals surface area contributed by atoms with E-state index in [-0.39, 0.29) is 12.1 Å². The summed E-state index contributed by atoms with van der Waals surface area (Å²) in [6, 6.07) is 15.7.